The van der Waals surface area contributed by atoms with E-state index in [9.17, 15) is 9.59 Å². The average molecular weight is 364 g/mol. The van der Waals surface area contributed by atoms with E-state index in [1.54, 1.807) is 18.2 Å². The highest BCUT2D eigenvalue weighted by Crippen LogP contribution is 2.08. The van der Waals surface area contributed by atoms with Gasteiger partial charge in [-0.15, -0.1) is 0 Å². The van der Waals surface area contributed by atoms with Crippen LogP contribution in [0.2, 0.25) is 0 Å². The van der Waals surface area contributed by atoms with Crippen LogP contribution < -0.4 is 10.9 Å². The number of fused-ring (bicyclic) bond motifs is 1. The van der Waals surface area contributed by atoms with Crippen LogP contribution in [0, 0.1) is 0 Å². The molecule has 27 heavy (non-hydrogen) atoms. The number of hydrogen-bond donors (Lipinski definition) is 2. The van der Waals surface area contributed by atoms with Crippen molar-refractivity contribution in [3.8, 4) is 0 Å². The van der Waals surface area contributed by atoms with Gasteiger partial charge in [0.15, 0.2) is 0 Å². The first-order valence-corrected chi connectivity index (χ1v) is 8.98. The summed E-state index contributed by atoms with van der Waals surface area (Å²) < 4.78 is 0. The van der Waals surface area contributed by atoms with Crippen LogP contribution in [0.25, 0.3) is 10.9 Å². The lowest BCUT2D eigenvalue weighted by Gasteiger charge is -2.10. The SMILES string of the molecule is CN(C)Cc1ccc(CNC(=O)CCc2nc3ccccc3c(=O)[nH]2)cc1. The van der Waals surface area contributed by atoms with Gasteiger partial charge in [-0.1, -0.05) is 36.4 Å². The van der Waals surface area contributed by atoms with Gasteiger partial charge >= 0.3 is 0 Å². The van der Waals surface area contributed by atoms with Crippen molar-refractivity contribution in [2.24, 2.45) is 0 Å². The molecule has 0 bridgehead atoms. The zero-order valence-electron chi connectivity index (χ0n) is 15.7. The molecule has 0 fully saturated rings. The zero-order valence-corrected chi connectivity index (χ0v) is 15.7. The molecule has 0 aliphatic rings. The summed E-state index contributed by atoms with van der Waals surface area (Å²) in [7, 11) is 4.07. The van der Waals surface area contributed by atoms with E-state index in [-0.39, 0.29) is 17.9 Å². The molecule has 0 saturated heterocycles. The molecular formula is C21H24N4O2. The molecule has 0 saturated carbocycles. The predicted octanol–water partition coefficient (Wildman–Crippen LogP) is 2.23. The number of carbonyl (C=O) groups excluding carboxylic acids is 1. The minimum Gasteiger partial charge on any atom is -0.352 e. The monoisotopic (exact) mass is 364 g/mol. The van der Waals surface area contributed by atoms with Crippen LogP contribution >= 0.6 is 0 Å². The smallest absolute Gasteiger partial charge is 0.258 e. The Balaban J connectivity index is 1.52. The standard InChI is InChI=1S/C21H24N4O2/c1-25(2)14-16-9-7-15(8-10-16)13-22-20(26)12-11-19-23-18-6-4-3-5-17(18)21(27)24-19/h3-10H,11-14H2,1-2H3,(H,22,26)(H,23,24,27). The summed E-state index contributed by atoms with van der Waals surface area (Å²) in [5.41, 5.74) is 2.77. The van der Waals surface area contributed by atoms with E-state index in [1.807, 2.05) is 32.3 Å². The lowest BCUT2D eigenvalue weighted by atomic mass is 10.1. The van der Waals surface area contributed by atoms with E-state index < -0.39 is 0 Å². The number of hydrogen-bond acceptors (Lipinski definition) is 4. The maximum atomic E-state index is 12.1. The van der Waals surface area contributed by atoms with Crippen LogP contribution in [0.1, 0.15) is 23.4 Å². The Hall–Kier alpha value is -2.99. The number of aromatic amines is 1. The third kappa shape index (κ3) is 5.24. The van der Waals surface area contributed by atoms with Crippen molar-refractivity contribution in [1.82, 2.24) is 20.2 Å². The van der Waals surface area contributed by atoms with E-state index in [2.05, 4.69) is 32.3 Å². The Bertz CT molecular complexity index is 977. The van der Waals surface area contributed by atoms with Crippen molar-refractivity contribution in [1.29, 1.82) is 0 Å². The molecule has 1 amide bonds. The minimum absolute atomic E-state index is 0.0665. The van der Waals surface area contributed by atoms with E-state index in [0.717, 1.165) is 12.1 Å². The highest BCUT2D eigenvalue weighted by molar-refractivity contribution is 5.78. The van der Waals surface area contributed by atoms with E-state index in [0.29, 0.717) is 29.7 Å². The molecular weight excluding hydrogens is 340 g/mol. The van der Waals surface area contributed by atoms with E-state index in [1.165, 1.54) is 5.56 Å². The summed E-state index contributed by atoms with van der Waals surface area (Å²) in [6, 6.07) is 15.4. The molecule has 3 aromatic rings. The van der Waals surface area contributed by atoms with Crippen LogP contribution in [0.5, 0.6) is 0 Å². The van der Waals surface area contributed by atoms with Crippen LogP contribution in [-0.4, -0.2) is 34.9 Å². The molecule has 0 spiro atoms. The Kier molecular flexibility index (Phi) is 5.98. The molecule has 0 unspecified atom stereocenters. The number of aromatic nitrogens is 2. The van der Waals surface area contributed by atoms with Gasteiger partial charge in [-0.2, -0.15) is 0 Å². The van der Waals surface area contributed by atoms with Crippen molar-refractivity contribution in [3.05, 3.63) is 75.8 Å². The molecule has 2 N–H and O–H groups in total. The lowest BCUT2D eigenvalue weighted by Crippen LogP contribution is -2.23. The topological polar surface area (TPSA) is 78.1 Å². The van der Waals surface area contributed by atoms with Crippen molar-refractivity contribution < 1.29 is 4.79 Å². The van der Waals surface area contributed by atoms with Gasteiger partial charge in [0.1, 0.15) is 5.82 Å². The number of nitrogens with one attached hydrogen (secondary N) is 2. The fourth-order valence-electron chi connectivity index (χ4n) is 2.90. The number of amides is 1. The number of benzene rings is 2. The summed E-state index contributed by atoms with van der Waals surface area (Å²) in [4.78, 5) is 33.4. The van der Waals surface area contributed by atoms with Gasteiger partial charge in [0.25, 0.3) is 5.56 Å². The van der Waals surface area contributed by atoms with Gasteiger partial charge in [0.05, 0.1) is 10.9 Å². The first kappa shape index (κ1) is 18.8. The second-order valence-corrected chi connectivity index (χ2v) is 6.86. The molecule has 0 aliphatic carbocycles. The van der Waals surface area contributed by atoms with Gasteiger partial charge < -0.3 is 15.2 Å². The normalized spacial score (nSPS) is 11.1. The van der Waals surface area contributed by atoms with Crippen molar-refractivity contribution in [3.63, 3.8) is 0 Å². The second kappa shape index (κ2) is 8.60. The Morgan fingerprint density at radius 3 is 2.52 bits per heavy atom. The number of aryl methyl sites for hydroxylation is 1. The highest BCUT2D eigenvalue weighted by atomic mass is 16.1. The first-order chi connectivity index (χ1) is 13.0. The number of carbonyl (C=O) groups is 1. The Morgan fingerprint density at radius 2 is 1.78 bits per heavy atom. The Morgan fingerprint density at radius 1 is 1.07 bits per heavy atom. The molecule has 6 nitrogen and oxygen atoms in total. The maximum absolute atomic E-state index is 12.1. The zero-order chi connectivity index (χ0) is 19.2. The number of rotatable bonds is 7. The van der Waals surface area contributed by atoms with E-state index >= 15 is 0 Å². The summed E-state index contributed by atoms with van der Waals surface area (Å²) >= 11 is 0. The molecule has 1 aromatic heterocycles. The fraction of sp³-hybridized carbons (Fsp3) is 0.286. The highest BCUT2D eigenvalue weighted by Gasteiger charge is 2.07. The van der Waals surface area contributed by atoms with Gasteiger partial charge in [-0.3, -0.25) is 9.59 Å². The van der Waals surface area contributed by atoms with Crippen LogP contribution in [0.4, 0.5) is 0 Å². The summed E-state index contributed by atoms with van der Waals surface area (Å²) in [6.45, 7) is 1.38. The van der Waals surface area contributed by atoms with Crippen molar-refractivity contribution in [2.45, 2.75) is 25.9 Å². The lowest BCUT2D eigenvalue weighted by molar-refractivity contribution is -0.121. The van der Waals surface area contributed by atoms with Gasteiger partial charge in [0, 0.05) is 25.9 Å². The third-order valence-electron chi connectivity index (χ3n) is 4.26. The molecule has 1 heterocycles. The van der Waals surface area contributed by atoms with E-state index in [4.69, 9.17) is 0 Å². The number of nitrogens with zero attached hydrogens (tertiary/aromatic N) is 2. The molecule has 0 radical (unpaired) electrons. The van der Waals surface area contributed by atoms with Gasteiger partial charge in [-0.25, -0.2) is 4.98 Å². The van der Waals surface area contributed by atoms with Crippen molar-refractivity contribution in [2.75, 3.05) is 14.1 Å². The quantitative estimate of drug-likeness (QED) is 0.674. The minimum atomic E-state index is -0.172. The summed E-state index contributed by atoms with van der Waals surface area (Å²) in [6.07, 6.45) is 0.674. The predicted molar refractivity (Wildman–Crippen MR) is 106 cm³/mol. The molecule has 3 rings (SSSR count). The number of H-pyrrole nitrogens is 1. The van der Waals surface area contributed by atoms with Gasteiger partial charge in [0.2, 0.25) is 5.91 Å². The molecule has 2 aromatic carbocycles. The maximum Gasteiger partial charge on any atom is 0.258 e. The second-order valence-electron chi connectivity index (χ2n) is 6.86. The average Bonchev–Trinajstić information content (AvgIpc) is 2.65. The largest absolute Gasteiger partial charge is 0.352 e. The third-order valence-corrected chi connectivity index (χ3v) is 4.26. The first-order valence-electron chi connectivity index (χ1n) is 8.98. The summed E-state index contributed by atoms with van der Waals surface area (Å²) in [5, 5.41) is 3.47. The molecule has 0 aliphatic heterocycles. The molecule has 6 heteroatoms. The summed E-state index contributed by atoms with van der Waals surface area (Å²) in [5.74, 6) is 0.463. The fourth-order valence-corrected chi connectivity index (χ4v) is 2.90. The van der Waals surface area contributed by atoms with Crippen LogP contribution in [-0.2, 0) is 24.3 Å². The van der Waals surface area contributed by atoms with Crippen molar-refractivity contribution >= 4 is 16.8 Å². The van der Waals surface area contributed by atoms with Crippen LogP contribution in [0.3, 0.4) is 0 Å². The molecule has 0 atom stereocenters. The van der Waals surface area contributed by atoms with Gasteiger partial charge in [-0.05, 0) is 37.4 Å². The number of para-hydroxylation sites is 1. The molecule has 140 valence electrons. The Labute approximate surface area is 158 Å². The van der Waals surface area contributed by atoms with Crippen LogP contribution in [0.15, 0.2) is 53.3 Å².